The first-order valence-corrected chi connectivity index (χ1v) is 7.85. The second-order valence-electron chi connectivity index (χ2n) is 5.29. The molecule has 0 radical (unpaired) electrons. The highest BCUT2D eigenvalue weighted by atomic mass is 16.3. The highest BCUT2D eigenvalue weighted by Gasteiger charge is 2.17. The van der Waals surface area contributed by atoms with Gasteiger partial charge in [0, 0.05) is 24.8 Å². The number of aliphatic hydroxyl groups excluding tert-OH is 1. The van der Waals surface area contributed by atoms with E-state index in [1.165, 1.54) is 16.8 Å². The molecule has 3 nitrogen and oxygen atoms in total. The summed E-state index contributed by atoms with van der Waals surface area (Å²) in [5, 5.41) is 12.7. The van der Waals surface area contributed by atoms with Crippen LogP contribution in [0.3, 0.4) is 0 Å². The summed E-state index contributed by atoms with van der Waals surface area (Å²) in [5.41, 5.74) is 3.87. The third-order valence-corrected chi connectivity index (χ3v) is 3.87. The van der Waals surface area contributed by atoms with Crippen LogP contribution < -0.4 is 10.2 Å². The zero-order chi connectivity index (χ0) is 15.0. The Hall–Kier alpha value is -1.06. The van der Waals surface area contributed by atoms with Crippen molar-refractivity contribution < 1.29 is 5.11 Å². The van der Waals surface area contributed by atoms with Gasteiger partial charge in [-0.25, -0.2) is 0 Å². The normalized spacial score (nSPS) is 11.1. The van der Waals surface area contributed by atoms with Crippen LogP contribution in [0.15, 0.2) is 18.2 Å². The van der Waals surface area contributed by atoms with E-state index >= 15 is 0 Å². The van der Waals surface area contributed by atoms with Crippen LogP contribution in [0.1, 0.15) is 44.7 Å². The molecule has 0 atom stereocenters. The van der Waals surface area contributed by atoms with E-state index < -0.39 is 0 Å². The lowest BCUT2D eigenvalue weighted by atomic mass is 10.0. The Bertz CT molecular complexity index is 389. The number of hydrogen-bond donors (Lipinski definition) is 2. The average Bonchev–Trinajstić information content (AvgIpc) is 2.46. The van der Waals surface area contributed by atoms with E-state index in [1.807, 2.05) is 0 Å². The molecule has 1 aromatic rings. The van der Waals surface area contributed by atoms with E-state index in [0.29, 0.717) is 12.6 Å². The fourth-order valence-corrected chi connectivity index (χ4v) is 2.76. The van der Waals surface area contributed by atoms with Gasteiger partial charge in [-0.1, -0.05) is 32.9 Å². The van der Waals surface area contributed by atoms with Crippen LogP contribution in [-0.4, -0.2) is 30.8 Å². The summed E-state index contributed by atoms with van der Waals surface area (Å²) in [7, 11) is 0. The molecule has 0 aliphatic heterocycles. The van der Waals surface area contributed by atoms with Gasteiger partial charge in [0.1, 0.15) is 0 Å². The minimum absolute atomic E-state index is 0.203. The fraction of sp³-hybridized carbons (Fsp3) is 0.647. The molecular weight excluding hydrogens is 248 g/mol. The van der Waals surface area contributed by atoms with Gasteiger partial charge >= 0.3 is 0 Å². The first-order valence-electron chi connectivity index (χ1n) is 7.85. The van der Waals surface area contributed by atoms with Crippen molar-refractivity contribution in [3.8, 4) is 0 Å². The molecule has 2 N–H and O–H groups in total. The number of nitrogens with zero attached hydrogens (tertiary/aromatic N) is 1. The van der Waals surface area contributed by atoms with E-state index in [9.17, 15) is 5.11 Å². The third-order valence-electron chi connectivity index (χ3n) is 3.87. The van der Waals surface area contributed by atoms with Crippen LogP contribution in [0.25, 0.3) is 0 Å². The predicted molar refractivity (Wildman–Crippen MR) is 87.4 cm³/mol. The second-order valence-corrected chi connectivity index (χ2v) is 5.29. The van der Waals surface area contributed by atoms with Gasteiger partial charge in [-0.3, -0.25) is 0 Å². The van der Waals surface area contributed by atoms with Crippen LogP contribution in [0, 0.1) is 6.92 Å². The van der Waals surface area contributed by atoms with Gasteiger partial charge in [0.2, 0.25) is 0 Å². The average molecular weight is 278 g/mol. The van der Waals surface area contributed by atoms with Crippen LogP contribution in [0.4, 0.5) is 5.69 Å². The maximum Gasteiger partial charge on any atom is 0.0606 e. The van der Waals surface area contributed by atoms with Crippen LogP contribution >= 0.6 is 0 Å². The number of anilines is 1. The zero-order valence-electron chi connectivity index (χ0n) is 13.4. The van der Waals surface area contributed by atoms with E-state index in [-0.39, 0.29) is 6.61 Å². The summed E-state index contributed by atoms with van der Waals surface area (Å²) in [6.07, 6.45) is 2.21. The summed E-state index contributed by atoms with van der Waals surface area (Å²) in [4.78, 5) is 2.35. The van der Waals surface area contributed by atoms with Crippen molar-refractivity contribution in [3.05, 3.63) is 29.3 Å². The molecule has 0 fully saturated rings. The lowest BCUT2D eigenvalue weighted by Crippen LogP contribution is -2.37. The van der Waals surface area contributed by atoms with E-state index in [0.717, 1.165) is 25.9 Å². The molecule has 0 aromatic heterocycles. The summed E-state index contributed by atoms with van der Waals surface area (Å²) in [6.45, 7) is 11.5. The topological polar surface area (TPSA) is 35.5 Å². The number of benzene rings is 1. The zero-order valence-corrected chi connectivity index (χ0v) is 13.4. The standard InChI is InChI=1S/C17H30N2O/c1-5-16(6-2)19(10-11-20)17-9-8-15(12-14(17)4)13-18-7-3/h8-9,12,16,18,20H,5-7,10-11,13H2,1-4H3. The molecule has 0 aliphatic carbocycles. The fourth-order valence-electron chi connectivity index (χ4n) is 2.76. The van der Waals surface area contributed by atoms with Crippen molar-refractivity contribution >= 4 is 5.69 Å². The monoisotopic (exact) mass is 278 g/mol. The molecule has 20 heavy (non-hydrogen) atoms. The second kappa shape index (κ2) is 8.98. The van der Waals surface area contributed by atoms with E-state index in [2.05, 4.69) is 56.1 Å². The lowest BCUT2D eigenvalue weighted by Gasteiger charge is -2.33. The molecule has 3 heteroatoms. The SMILES string of the molecule is CCNCc1ccc(N(CCO)C(CC)CC)c(C)c1. The Balaban J connectivity index is 2.95. The van der Waals surface area contributed by atoms with Crippen molar-refractivity contribution in [2.45, 2.75) is 53.1 Å². The van der Waals surface area contributed by atoms with Gasteiger partial charge in [0.25, 0.3) is 0 Å². The van der Waals surface area contributed by atoms with Crippen LogP contribution in [-0.2, 0) is 6.54 Å². The summed E-state index contributed by atoms with van der Waals surface area (Å²) < 4.78 is 0. The molecule has 0 aliphatic rings. The third kappa shape index (κ3) is 4.50. The minimum Gasteiger partial charge on any atom is -0.395 e. The van der Waals surface area contributed by atoms with Crippen molar-refractivity contribution in [3.63, 3.8) is 0 Å². The van der Waals surface area contributed by atoms with Crippen molar-refractivity contribution in [1.82, 2.24) is 5.32 Å². The van der Waals surface area contributed by atoms with E-state index in [4.69, 9.17) is 0 Å². The number of aryl methyl sites for hydroxylation is 1. The molecule has 0 spiro atoms. The Morgan fingerprint density at radius 1 is 1.20 bits per heavy atom. The van der Waals surface area contributed by atoms with Crippen LogP contribution in [0.5, 0.6) is 0 Å². The molecule has 0 bridgehead atoms. The van der Waals surface area contributed by atoms with Gasteiger partial charge in [-0.05, 0) is 43.5 Å². The number of aliphatic hydroxyl groups is 1. The summed E-state index contributed by atoms with van der Waals surface area (Å²) in [5.74, 6) is 0. The molecule has 0 amide bonds. The first kappa shape index (κ1) is 17.0. The number of nitrogens with one attached hydrogen (secondary N) is 1. The maximum absolute atomic E-state index is 9.35. The maximum atomic E-state index is 9.35. The summed E-state index contributed by atoms with van der Waals surface area (Å²) in [6, 6.07) is 7.15. The quantitative estimate of drug-likeness (QED) is 0.728. The highest BCUT2D eigenvalue weighted by Crippen LogP contribution is 2.25. The first-order chi connectivity index (χ1) is 9.67. The molecule has 0 heterocycles. The largest absolute Gasteiger partial charge is 0.395 e. The van der Waals surface area contributed by atoms with Gasteiger partial charge in [-0.15, -0.1) is 0 Å². The Kier molecular flexibility index (Phi) is 7.63. The predicted octanol–water partition coefficient (Wildman–Crippen LogP) is 3.09. The Morgan fingerprint density at radius 2 is 1.90 bits per heavy atom. The van der Waals surface area contributed by atoms with Crippen molar-refractivity contribution in [2.75, 3.05) is 24.6 Å². The van der Waals surface area contributed by atoms with Crippen molar-refractivity contribution in [2.24, 2.45) is 0 Å². The molecule has 1 rings (SSSR count). The van der Waals surface area contributed by atoms with Crippen molar-refractivity contribution in [1.29, 1.82) is 0 Å². The number of rotatable bonds is 9. The minimum atomic E-state index is 0.203. The smallest absolute Gasteiger partial charge is 0.0606 e. The molecule has 0 saturated heterocycles. The highest BCUT2D eigenvalue weighted by molar-refractivity contribution is 5.55. The molecule has 1 aromatic carbocycles. The molecular formula is C17H30N2O. The van der Waals surface area contributed by atoms with Gasteiger partial charge in [-0.2, -0.15) is 0 Å². The molecule has 114 valence electrons. The molecule has 0 saturated carbocycles. The Morgan fingerprint density at radius 3 is 2.40 bits per heavy atom. The van der Waals surface area contributed by atoms with Gasteiger partial charge in [0.05, 0.1) is 6.61 Å². The lowest BCUT2D eigenvalue weighted by molar-refractivity contribution is 0.296. The van der Waals surface area contributed by atoms with Crippen LogP contribution in [0.2, 0.25) is 0 Å². The summed E-state index contributed by atoms with van der Waals surface area (Å²) >= 11 is 0. The van der Waals surface area contributed by atoms with E-state index in [1.54, 1.807) is 0 Å². The molecule has 0 unspecified atom stereocenters. The van der Waals surface area contributed by atoms with Gasteiger partial charge < -0.3 is 15.3 Å². The number of hydrogen-bond acceptors (Lipinski definition) is 3. The Labute approximate surface area is 124 Å². The van der Waals surface area contributed by atoms with Gasteiger partial charge in [0.15, 0.2) is 0 Å².